The third-order valence-electron chi connectivity index (χ3n) is 3.80. The zero-order chi connectivity index (χ0) is 18.8. The highest BCUT2D eigenvalue weighted by Crippen LogP contribution is 2.34. The number of carbonyl (C=O) groups is 1. The summed E-state index contributed by atoms with van der Waals surface area (Å²) in [5, 5.41) is 11.0. The molecular weight excluding hydrogens is 366 g/mol. The van der Waals surface area contributed by atoms with E-state index in [4.69, 9.17) is 5.11 Å². The second-order valence-corrected chi connectivity index (χ2v) is 8.26. The molecule has 1 fully saturated rings. The molecule has 1 aliphatic carbocycles. The molecule has 0 heterocycles. The standard InChI is InChI=1S/C15H17F4NO4S/c16-11-5-3-10(4-6-11)13(15(17,18)19)20-12(14(21)22)8-25(23,24)7-9-1-2-9/h3-6,9,12-13,20H,1-2,7-8H2,(H,21,22)/t12-,13-/m0/s1. The van der Waals surface area contributed by atoms with E-state index in [1.165, 1.54) is 0 Å². The number of hydrogen-bond donors (Lipinski definition) is 2. The maximum Gasteiger partial charge on any atom is 0.407 e. The van der Waals surface area contributed by atoms with Crippen LogP contribution in [0.25, 0.3) is 0 Å². The summed E-state index contributed by atoms with van der Waals surface area (Å²) in [7, 11) is -3.81. The van der Waals surface area contributed by atoms with Crippen molar-refractivity contribution in [2.24, 2.45) is 5.92 Å². The molecule has 0 unspecified atom stereocenters. The van der Waals surface area contributed by atoms with Gasteiger partial charge in [0.1, 0.15) is 17.9 Å². The molecular formula is C15H17F4NO4S. The average Bonchev–Trinajstić information content (AvgIpc) is 3.26. The lowest BCUT2D eigenvalue weighted by Crippen LogP contribution is -2.48. The monoisotopic (exact) mass is 383 g/mol. The van der Waals surface area contributed by atoms with E-state index in [2.05, 4.69) is 0 Å². The number of rotatable bonds is 8. The van der Waals surface area contributed by atoms with E-state index in [0.717, 1.165) is 24.3 Å². The Bertz CT molecular complexity index is 714. The molecule has 25 heavy (non-hydrogen) atoms. The van der Waals surface area contributed by atoms with E-state index in [9.17, 15) is 30.8 Å². The van der Waals surface area contributed by atoms with Crippen LogP contribution in [0.2, 0.25) is 0 Å². The lowest BCUT2D eigenvalue weighted by atomic mass is 10.1. The summed E-state index contributed by atoms with van der Waals surface area (Å²) in [6.45, 7) is 0. The summed E-state index contributed by atoms with van der Waals surface area (Å²) < 4.78 is 76.7. The minimum Gasteiger partial charge on any atom is -0.480 e. The van der Waals surface area contributed by atoms with Crippen LogP contribution in [0.15, 0.2) is 24.3 Å². The highest BCUT2D eigenvalue weighted by molar-refractivity contribution is 7.91. The summed E-state index contributed by atoms with van der Waals surface area (Å²) in [5.74, 6) is -3.66. The van der Waals surface area contributed by atoms with Gasteiger partial charge in [-0.1, -0.05) is 12.1 Å². The number of nitrogens with one attached hydrogen (secondary N) is 1. The average molecular weight is 383 g/mol. The van der Waals surface area contributed by atoms with Crippen LogP contribution >= 0.6 is 0 Å². The van der Waals surface area contributed by atoms with Gasteiger partial charge in [-0.25, -0.2) is 12.8 Å². The molecule has 1 aromatic rings. The molecule has 10 heteroatoms. The number of alkyl halides is 3. The molecule has 1 saturated carbocycles. The summed E-state index contributed by atoms with van der Waals surface area (Å²) >= 11 is 0. The first-order valence-electron chi connectivity index (χ1n) is 7.49. The number of aliphatic carboxylic acids is 1. The van der Waals surface area contributed by atoms with Crippen LogP contribution in [0.4, 0.5) is 17.6 Å². The topological polar surface area (TPSA) is 83.5 Å². The van der Waals surface area contributed by atoms with Crippen molar-refractivity contribution >= 4 is 15.8 Å². The van der Waals surface area contributed by atoms with Crippen LogP contribution in [-0.2, 0) is 14.6 Å². The Balaban J connectivity index is 2.20. The SMILES string of the molecule is O=C(O)[C@H](CS(=O)(=O)CC1CC1)N[C@@H](c1ccc(F)cc1)C(F)(F)F. The summed E-state index contributed by atoms with van der Waals surface area (Å²) in [6, 6.07) is -0.980. The van der Waals surface area contributed by atoms with Gasteiger partial charge in [-0.05, 0) is 36.5 Å². The molecule has 2 N–H and O–H groups in total. The number of halogens is 4. The molecule has 5 nitrogen and oxygen atoms in total. The predicted octanol–water partition coefficient (Wildman–Crippen LogP) is 2.30. The largest absolute Gasteiger partial charge is 0.480 e. The summed E-state index contributed by atoms with van der Waals surface area (Å²) in [5.41, 5.74) is -0.403. The second-order valence-electron chi connectivity index (χ2n) is 6.10. The van der Waals surface area contributed by atoms with E-state index in [0.29, 0.717) is 12.8 Å². The van der Waals surface area contributed by atoms with Crippen molar-refractivity contribution in [2.75, 3.05) is 11.5 Å². The zero-order valence-corrected chi connectivity index (χ0v) is 13.8. The lowest BCUT2D eigenvalue weighted by molar-refractivity contribution is -0.162. The number of carboxylic acid groups (broad SMARTS) is 1. The lowest BCUT2D eigenvalue weighted by Gasteiger charge is -2.26. The normalized spacial score (nSPS) is 17.9. The van der Waals surface area contributed by atoms with E-state index in [1.54, 1.807) is 0 Å². The Morgan fingerprint density at radius 2 is 1.80 bits per heavy atom. The molecule has 2 rings (SSSR count). The fourth-order valence-electron chi connectivity index (χ4n) is 2.39. The molecule has 0 amide bonds. The van der Waals surface area contributed by atoms with Gasteiger partial charge < -0.3 is 5.11 Å². The van der Waals surface area contributed by atoms with E-state index in [-0.39, 0.29) is 11.7 Å². The van der Waals surface area contributed by atoms with Crippen molar-refractivity contribution < 1.29 is 35.9 Å². The Morgan fingerprint density at radius 3 is 2.24 bits per heavy atom. The van der Waals surface area contributed by atoms with Crippen molar-refractivity contribution in [1.82, 2.24) is 5.32 Å². The smallest absolute Gasteiger partial charge is 0.407 e. The maximum atomic E-state index is 13.3. The molecule has 0 saturated heterocycles. The molecule has 0 bridgehead atoms. The summed E-state index contributed by atoms with van der Waals surface area (Å²) in [6.07, 6.45) is -3.46. The highest BCUT2D eigenvalue weighted by Gasteiger charge is 2.44. The number of carboxylic acids is 1. The van der Waals surface area contributed by atoms with E-state index >= 15 is 0 Å². The Morgan fingerprint density at radius 1 is 1.24 bits per heavy atom. The maximum absolute atomic E-state index is 13.3. The Kier molecular flexibility index (Phi) is 5.72. The highest BCUT2D eigenvalue weighted by atomic mass is 32.2. The number of benzene rings is 1. The van der Waals surface area contributed by atoms with Gasteiger partial charge in [-0.2, -0.15) is 13.2 Å². The fraction of sp³-hybridized carbons (Fsp3) is 0.533. The van der Waals surface area contributed by atoms with Crippen molar-refractivity contribution in [3.8, 4) is 0 Å². The summed E-state index contributed by atoms with van der Waals surface area (Å²) in [4.78, 5) is 11.3. The molecule has 2 atom stereocenters. The van der Waals surface area contributed by atoms with Crippen LogP contribution in [0, 0.1) is 11.7 Å². The minimum absolute atomic E-state index is 0.0463. The molecule has 0 radical (unpaired) electrons. The van der Waals surface area contributed by atoms with Crippen molar-refractivity contribution in [3.63, 3.8) is 0 Å². The number of sulfone groups is 1. The molecule has 140 valence electrons. The van der Waals surface area contributed by atoms with Crippen LogP contribution < -0.4 is 5.32 Å². The Hall–Kier alpha value is -1.68. The van der Waals surface area contributed by atoms with E-state index in [1.807, 2.05) is 5.32 Å². The first kappa shape index (κ1) is 19.6. The minimum atomic E-state index is -4.88. The van der Waals surface area contributed by atoms with Gasteiger partial charge in [-0.15, -0.1) is 0 Å². The molecule has 0 spiro atoms. The van der Waals surface area contributed by atoms with Gasteiger partial charge in [0, 0.05) is 0 Å². The molecule has 1 aromatic carbocycles. The first-order chi connectivity index (χ1) is 11.5. The molecule has 1 aliphatic rings. The van der Waals surface area contributed by atoms with Gasteiger partial charge in [-0.3, -0.25) is 10.1 Å². The van der Waals surface area contributed by atoms with Crippen molar-refractivity contribution in [3.05, 3.63) is 35.6 Å². The van der Waals surface area contributed by atoms with Crippen LogP contribution in [0.1, 0.15) is 24.4 Å². The quantitative estimate of drug-likeness (QED) is 0.673. The van der Waals surface area contributed by atoms with Crippen LogP contribution in [-0.4, -0.2) is 43.2 Å². The van der Waals surface area contributed by atoms with Gasteiger partial charge in [0.05, 0.1) is 11.5 Å². The van der Waals surface area contributed by atoms with Crippen molar-refractivity contribution in [2.45, 2.75) is 31.1 Å². The van der Waals surface area contributed by atoms with Crippen molar-refractivity contribution in [1.29, 1.82) is 0 Å². The fourth-order valence-corrected chi connectivity index (χ4v) is 4.33. The van der Waals surface area contributed by atoms with Gasteiger partial charge >= 0.3 is 12.1 Å². The second kappa shape index (κ2) is 7.28. The molecule has 0 aliphatic heterocycles. The Labute approximate surface area is 142 Å². The first-order valence-corrected chi connectivity index (χ1v) is 9.31. The van der Waals surface area contributed by atoms with Crippen LogP contribution in [0.3, 0.4) is 0 Å². The van der Waals surface area contributed by atoms with E-state index < -0.39 is 51.2 Å². The number of hydrogen-bond acceptors (Lipinski definition) is 4. The zero-order valence-electron chi connectivity index (χ0n) is 13.0. The third-order valence-corrected chi connectivity index (χ3v) is 5.62. The van der Waals surface area contributed by atoms with Gasteiger partial charge in [0.15, 0.2) is 9.84 Å². The molecule has 0 aromatic heterocycles. The van der Waals surface area contributed by atoms with Gasteiger partial charge in [0.25, 0.3) is 0 Å². The van der Waals surface area contributed by atoms with Gasteiger partial charge in [0.2, 0.25) is 0 Å². The predicted molar refractivity (Wildman–Crippen MR) is 81.1 cm³/mol. The third kappa shape index (κ3) is 5.96. The van der Waals surface area contributed by atoms with Crippen LogP contribution in [0.5, 0.6) is 0 Å².